The number of benzene rings is 2. The minimum Gasteiger partial charge on any atom is -0.508 e. The fourth-order valence-corrected chi connectivity index (χ4v) is 2.00. The van der Waals surface area contributed by atoms with Gasteiger partial charge in [-0.25, -0.2) is 0 Å². The van der Waals surface area contributed by atoms with Crippen LogP contribution in [0.2, 0.25) is 0 Å². The molecule has 0 spiro atoms. The molecule has 2 aromatic rings. The maximum atomic E-state index is 9.52. The van der Waals surface area contributed by atoms with E-state index in [1.807, 2.05) is 0 Å². The van der Waals surface area contributed by atoms with E-state index in [0.717, 1.165) is 16.7 Å². The predicted octanol–water partition coefficient (Wildman–Crippen LogP) is 2.36. The van der Waals surface area contributed by atoms with Crippen LogP contribution in [0.4, 0.5) is 0 Å². The Bertz CT molecular complexity index is 605. The van der Waals surface area contributed by atoms with E-state index in [1.165, 1.54) is 18.2 Å². The lowest BCUT2D eigenvalue weighted by molar-refractivity contribution is 0.299. The molecule has 0 atom stereocenters. The van der Waals surface area contributed by atoms with Crippen molar-refractivity contribution in [3.8, 4) is 34.1 Å². The van der Waals surface area contributed by atoms with Crippen LogP contribution in [0.15, 0.2) is 30.3 Å². The summed E-state index contributed by atoms with van der Waals surface area (Å²) in [4.78, 5) is 0. The Kier molecular flexibility index (Phi) is 1.92. The zero-order valence-corrected chi connectivity index (χ0v) is 8.84. The monoisotopic (exact) mass is 230 g/mol. The average molecular weight is 230 g/mol. The largest absolute Gasteiger partial charge is 0.508 e. The van der Waals surface area contributed by atoms with Gasteiger partial charge in [0.15, 0.2) is 11.5 Å². The van der Waals surface area contributed by atoms with Crippen LogP contribution >= 0.6 is 0 Å². The smallest absolute Gasteiger partial charge is 0.158 e. The van der Waals surface area contributed by atoms with Gasteiger partial charge in [-0.15, -0.1) is 0 Å². The van der Waals surface area contributed by atoms with Crippen LogP contribution < -0.4 is 4.74 Å². The Labute approximate surface area is 97.3 Å². The van der Waals surface area contributed by atoms with Crippen molar-refractivity contribution in [1.29, 1.82) is 0 Å². The molecule has 4 nitrogen and oxygen atoms in total. The third-order valence-electron chi connectivity index (χ3n) is 2.84. The van der Waals surface area contributed by atoms with Gasteiger partial charge in [0.1, 0.15) is 18.1 Å². The molecule has 3 rings (SSSR count). The molecule has 86 valence electrons. The second kappa shape index (κ2) is 3.31. The molecule has 0 radical (unpaired) electrons. The van der Waals surface area contributed by atoms with Crippen molar-refractivity contribution >= 4 is 0 Å². The Balaban J connectivity index is 2.25. The second-order valence-corrected chi connectivity index (χ2v) is 3.97. The third-order valence-corrected chi connectivity index (χ3v) is 2.84. The van der Waals surface area contributed by atoms with E-state index in [4.69, 9.17) is 4.74 Å². The van der Waals surface area contributed by atoms with E-state index in [2.05, 4.69) is 0 Å². The van der Waals surface area contributed by atoms with Gasteiger partial charge in [-0.2, -0.15) is 0 Å². The highest BCUT2D eigenvalue weighted by Crippen LogP contribution is 2.43. The lowest BCUT2D eigenvalue weighted by Crippen LogP contribution is -2.05. The van der Waals surface area contributed by atoms with Crippen LogP contribution in [-0.2, 0) is 6.61 Å². The van der Waals surface area contributed by atoms with Crippen molar-refractivity contribution in [1.82, 2.24) is 0 Å². The van der Waals surface area contributed by atoms with Gasteiger partial charge in [0, 0.05) is 17.2 Å². The first-order valence-electron chi connectivity index (χ1n) is 5.16. The second-order valence-electron chi connectivity index (χ2n) is 3.97. The topological polar surface area (TPSA) is 69.9 Å². The van der Waals surface area contributed by atoms with E-state index in [1.54, 1.807) is 12.1 Å². The molecule has 0 bridgehead atoms. The maximum Gasteiger partial charge on any atom is 0.158 e. The molecular formula is C13H10O4. The highest BCUT2D eigenvalue weighted by atomic mass is 16.5. The van der Waals surface area contributed by atoms with Crippen LogP contribution in [0.25, 0.3) is 11.1 Å². The van der Waals surface area contributed by atoms with E-state index < -0.39 is 0 Å². The average Bonchev–Trinajstić information content (AvgIpc) is 2.30. The predicted molar refractivity (Wildman–Crippen MR) is 61.2 cm³/mol. The number of phenols is 3. The molecule has 17 heavy (non-hydrogen) atoms. The molecule has 0 amide bonds. The zero-order chi connectivity index (χ0) is 12.0. The summed E-state index contributed by atoms with van der Waals surface area (Å²) in [6, 6.07) is 7.80. The molecule has 0 saturated heterocycles. The summed E-state index contributed by atoms with van der Waals surface area (Å²) in [5.41, 5.74) is 2.40. The first-order valence-corrected chi connectivity index (χ1v) is 5.16. The van der Waals surface area contributed by atoms with Gasteiger partial charge in [0.05, 0.1) is 0 Å². The lowest BCUT2D eigenvalue weighted by atomic mass is 9.96. The first-order chi connectivity index (χ1) is 8.15. The summed E-state index contributed by atoms with van der Waals surface area (Å²) in [7, 11) is 0. The quantitative estimate of drug-likeness (QED) is 0.607. The summed E-state index contributed by atoms with van der Waals surface area (Å²) in [5.74, 6) is 0.386. The van der Waals surface area contributed by atoms with Crippen LogP contribution in [0.1, 0.15) is 5.56 Å². The molecule has 3 N–H and O–H groups in total. The standard InChI is InChI=1S/C13H10O4/c14-8-1-2-9-10-5-12(16)11(15)3-7(10)6-17-13(9)4-8/h1-5,14-16H,6H2. The summed E-state index contributed by atoms with van der Waals surface area (Å²) < 4.78 is 5.47. The summed E-state index contributed by atoms with van der Waals surface area (Å²) in [6.07, 6.45) is 0. The van der Waals surface area contributed by atoms with Crippen molar-refractivity contribution < 1.29 is 20.1 Å². The third kappa shape index (κ3) is 1.45. The first kappa shape index (κ1) is 9.84. The van der Waals surface area contributed by atoms with Crippen LogP contribution in [-0.4, -0.2) is 15.3 Å². The van der Waals surface area contributed by atoms with Crippen molar-refractivity contribution in [2.24, 2.45) is 0 Å². The number of aromatic hydroxyl groups is 3. The molecule has 0 unspecified atom stereocenters. The highest BCUT2D eigenvalue weighted by Gasteiger charge is 2.19. The number of fused-ring (bicyclic) bond motifs is 3. The number of phenolic OH excluding ortho intramolecular Hbond substituents is 3. The van der Waals surface area contributed by atoms with Crippen molar-refractivity contribution in [3.05, 3.63) is 35.9 Å². The van der Waals surface area contributed by atoms with Gasteiger partial charge in [0.2, 0.25) is 0 Å². The van der Waals surface area contributed by atoms with E-state index in [-0.39, 0.29) is 17.2 Å². The van der Waals surface area contributed by atoms with E-state index in [0.29, 0.717) is 12.4 Å². The number of hydrogen-bond acceptors (Lipinski definition) is 4. The van der Waals surface area contributed by atoms with E-state index in [9.17, 15) is 15.3 Å². The van der Waals surface area contributed by atoms with E-state index >= 15 is 0 Å². The lowest BCUT2D eigenvalue weighted by Gasteiger charge is -2.21. The zero-order valence-electron chi connectivity index (χ0n) is 8.84. The van der Waals surface area contributed by atoms with Gasteiger partial charge in [-0.05, 0) is 29.8 Å². The van der Waals surface area contributed by atoms with Crippen LogP contribution in [0.3, 0.4) is 0 Å². The van der Waals surface area contributed by atoms with Crippen molar-refractivity contribution in [3.63, 3.8) is 0 Å². The van der Waals surface area contributed by atoms with Crippen molar-refractivity contribution in [2.45, 2.75) is 6.61 Å². The Morgan fingerprint density at radius 3 is 2.47 bits per heavy atom. The Morgan fingerprint density at radius 2 is 1.65 bits per heavy atom. The number of hydrogen-bond donors (Lipinski definition) is 3. The molecular weight excluding hydrogens is 220 g/mol. The molecule has 0 aromatic heterocycles. The molecule has 0 saturated carbocycles. The summed E-state index contributed by atoms with van der Waals surface area (Å²) in [6.45, 7) is 0.305. The minimum atomic E-state index is -0.162. The minimum absolute atomic E-state index is 0.134. The SMILES string of the molecule is Oc1ccc2c(c1)OCc1cc(O)c(O)cc1-2. The normalized spacial score (nSPS) is 12.5. The van der Waals surface area contributed by atoms with Gasteiger partial charge >= 0.3 is 0 Å². The summed E-state index contributed by atoms with van der Waals surface area (Å²) in [5, 5.41) is 28.3. The highest BCUT2D eigenvalue weighted by molar-refractivity contribution is 5.78. The fraction of sp³-hybridized carbons (Fsp3) is 0.0769. The Morgan fingerprint density at radius 1 is 0.882 bits per heavy atom. The van der Waals surface area contributed by atoms with Crippen molar-refractivity contribution in [2.75, 3.05) is 0 Å². The number of rotatable bonds is 0. The maximum absolute atomic E-state index is 9.52. The molecule has 1 aliphatic rings. The van der Waals surface area contributed by atoms with Crippen LogP contribution in [0, 0.1) is 0 Å². The Hall–Kier alpha value is -2.36. The van der Waals surface area contributed by atoms with Gasteiger partial charge in [0.25, 0.3) is 0 Å². The summed E-state index contributed by atoms with van der Waals surface area (Å²) >= 11 is 0. The molecule has 0 fully saturated rings. The molecule has 1 aliphatic heterocycles. The van der Waals surface area contributed by atoms with Gasteiger partial charge in [-0.3, -0.25) is 0 Å². The number of ether oxygens (including phenoxy) is 1. The fourth-order valence-electron chi connectivity index (χ4n) is 2.00. The molecule has 2 aromatic carbocycles. The molecule has 1 heterocycles. The molecule has 4 heteroatoms. The molecule has 0 aliphatic carbocycles. The van der Waals surface area contributed by atoms with Crippen LogP contribution in [0.5, 0.6) is 23.0 Å². The van der Waals surface area contributed by atoms with Gasteiger partial charge in [-0.1, -0.05) is 0 Å². The van der Waals surface area contributed by atoms with Gasteiger partial charge < -0.3 is 20.1 Å².